The number of anilines is 1. The number of esters is 3. The van der Waals surface area contributed by atoms with Gasteiger partial charge < -0.3 is 19.1 Å². The van der Waals surface area contributed by atoms with Gasteiger partial charge in [-0.25, -0.2) is 14.4 Å². The average molecular weight is 573 g/mol. The van der Waals surface area contributed by atoms with Crippen LogP contribution >= 0.6 is 0 Å². The van der Waals surface area contributed by atoms with Crippen molar-refractivity contribution in [2.45, 2.75) is 6.92 Å². The zero-order valence-electron chi connectivity index (χ0n) is 23.2. The Balaban J connectivity index is 1.68. The monoisotopic (exact) mass is 572 g/mol. The fraction of sp³-hybridized carbons (Fsp3) is 0.167. The van der Waals surface area contributed by atoms with E-state index in [1.807, 2.05) is 24.1 Å². The normalized spacial score (nSPS) is 10.8. The number of hydrogen-bond donors (Lipinski definition) is 0. The van der Waals surface area contributed by atoms with Crippen molar-refractivity contribution in [2.24, 2.45) is 10.2 Å². The van der Waals surface area contributed by atoms with E-state index in [0.717, 1.165) is 11.8 Å². The number of nitro benzene ring substituents is 1. The fourth-order valence-corrected chi connectivity index (χ4v) is 3.37. The van der Waals surface area contributed by atoms with Crippen molar-refractivity contribution < 1.29 is 33.5 Å². The second-order valence-corrected chi connectivity index (χ2v) is 8.83. The first-order valence-corrected chi connectivity index (χ1v) is 12.5. The van der Waals surface area contributed by atoms with Crippen LogP contribution in [0, 0.1) is 10.1 Å². The zero-order valence-corrected chi connectivity index (χ0v) is 23.2. The van der Waals surface area contributed by atoms with Crippen LogP contribution in [-0.4, -0.2) is 50.1 Å². The molecule has 0 aliphatic heterocycles. The molecule has 0 unspecified atom stereocenters. The highest BCUT2D eigenvalue weighted by atomic mass is 16.6. The maximum absolute atomic E-state index is 12.8. The summed E-state index contributed by atoms with van der Waals surface area (Å²) in [6.45, 7) is 5.80. The number of rotatable bonds is 12. The molecule has 0 aliphatic carbocycles. The van der Waals surface area contributed by atoms with Crippen LogP contribution < -0.4 is 9.64 Å². The van der Waals surface area contributed by atoms with Crippen LogP contribution in [0.3, 0.4) is 0 Å². The topological polar surface area (TPSA) is 150 Å². The second kappa shape index (κ2) is 14.7. The summed E-state index contributed by atoms with van der Waals surface area (Å²) in [5.41, 5.74) is 1.81. The van der Waals surface area contributed by atoms with Crippen molar-refractivity contribution in [2.75, 3.05) is 32.2 Å². The first-order valence-electron chi connectivity index (χ1n) is 12.5. The number of methoxy groups -OCH3 is 1. The Labute approximate surface area is 241 Å². The minimum absolute atomic E-state index is 0.149. The molecule has 0 fully saturated rings. The van der Waals surface area contributed by atoms with Gasteiger partial charge in [0.1, 0.15) is 17.9 Å². The summed E-state index contributed by atoms with van der Waals surface area (Å²) in [4.78, 5) is 48.3. The third-order valence-corrected chi connectivity index (χ3v) is 5.68. The molecule has 0 saturated carbocycles. The summed E-state index contributed by atoms with van der Waals surface area (Å²) in [5, 5.41) is 19.8. The maximum Gasteiger partial charge on any atom is 0.350 e. The molecular weight excluding hydrogens is 544 g/mol. The smallest absolute Gasteiger partial charge is 0.350 e. The molecule has 0 bridgehead atoms. The minimum Gasteiger partial charge on any atom is -0.466 e. The highest BCUT2D eigenvalue weighted by molar-refractivity contribution is 5.96. The van der Waals surface area contributed by atoms with E-state index in [4.69, 9.17) is 9.47 Å². The number of nitrogens with zero attached hydrogens (tertiary/aromatic N) is 4. The Morgan fingerprint density at radius 3 is 2.26 bits per heavy atom. The quantitative estimate of drug-likeness (QED) is 0.0638. The van der Waals surface area contributed by atoms with Crippen molar-refractivity contribution in [3.05, 3.63) is 106 Å². The van der Waals surface area contributed by atoms with E-state index in [9.17, 15) is 24.5 Å². The van der Waals surface area contributed by atoms with Gasteiger partial charge in [-0.05, 0) is 67.1 Å². The molecule has 0 atom stereocenters. The molecule has 0 aromatic heterocycles. The molecule has 0 aliphatic rings. The minimum atomic E-state index is -0.946. The molecule has 0 amide bonds. The molecule has 12 nitrogen and oxygen atoms in total. The largest absolute Gasteiger partial charge is 0.466 e. The van der Waals surface area contributed by atoms with Crippen LogP contribution in [0.5, 0.6) is 5.75 Å². The standard InChI is InChI=1S/C30H28N4O8/c1-20(2)29(36)41-18-17-33(3)24-11-8-22(9-12-24)31-32-23-10-15-27(34(38)39)26(19-23)30(37)42-25-13-5-21(6-14-25)7-16-28(35)40-4/h5-16,19H,1,17-18H2,2-4H3/b16-7+,32-31+. The lowest BCUT2D eigenvalue weighted by Crippen LogP contribution is -2.23. The molecule has 0 heterocycles. The Kier molecular flexibility index (Phi) is 10.8. The first kappa shape index (κ1) is 30.9. The third-order valence-electron chi connectivity index (χ3n) is 5.68. The van der Waals surface area contributed by atoms with E-state index in [1.54, 1.807) is 31.2 Å². The SMILES string of the molecule is C=C(C)C(=O)OCCN(C)c1ccc(/N=N/c2ccc([N+](=O)[O-])c(C(=O)Oc3ccc(/C=C/C(=O)OC)cc3)c2)cc1. The molecule has 3 rings (SSSR count). The Morgan fingerprint density at radius 1 is 1.00 bits per heavy atom. The summed E-state index contributed by atoms with van der Waals surface area (Å²) in [6.07, 6.45) is 2.76. The van der Waals surface area contributed by atoms with E-state index < -0.39 is 28.5 Å². The number of hydrogen-bond acceptors (Lipinski definition) is 11. The Hall–Kier alpha value is -5.65. The predicted molar refractivity (Wildman–Crippen MR) is 155 cm³/mol. The van der Waals surface area contributed by atoms with Crippen molar-refractivity contribution in [3.63, 3.8) is 0 Å². The number of ether oxygens (including phenoxy) is 3. The van der Waals surface area contributed by atoms with E-state index in [1.165, 1.54) is 43.5 Å². The second-order valence-electron chi connectivity index (χ2n) is 8.83. The molecule has 0 radical (unpaired) electrons. The van der Waals surface area contributed by atoms with Gasteiger partial charge in [-0.1, -0.05) is 18.7 Å². The zero-order chi connectivity index (χ0) is 30.6. The highest BCUT2D eigenvalue weighted by Crippen LogP contribution is 2.28. The Morgan fingerprint density at radius 2 is 1.64 bits per heavy atom. The summed E-state index contributed by atoms with van der Waals surface area (Å²) >= 11 is 0. The molecular formula is C30H28N4O8. The summed E-state index contributed by atoms with van der Waals surface area (Å²) < 4.78 is 15.0. The maximum atomic E-state index is 12.8. The number of carbonyl (C=O) groups excluding carboxylic acids is 3. The van der Waals surface area contributed by atoms with Crippen molar-refractivity contribution in [3.8, 4) is 5.75 Å². The summed E-state index contributed by atoms with van der Waals surface area (Å²) in [6, 6.07) is 17.0. The fourth-order valence-electron chi connectivity index (χ4n) is 3.37. The van der Waals surface area contributed by atoms with Crippen LogP contribution in [-0.2, 0) is 19.1 Å². The number of azo groups is 1. The van der Waals surface area contributed by atoms with Gasteiger partial charge in [0.25, 0.3) is 5.69 Å². The van der Waals surface area contributed by atoms with Gasteiger partial charge in [0.2, 0.25) is 0 Å². The van der Waals surface area contributed by atoms with Gasteiger partial charge in [-0.2, -0.15) is 10.2 Å². The molecule has 3 aromatic rings. The van der Waals surface area contributed by atoms with Crippen LogP contribution in [0.15, 0.2) is 95.2 Å². The van der Waals surface area contributed by atoms with Crippen LogP contribution in [0.25, 0.3) is 6.08 Å². The lowest BCUT2D eigenvalue weighted by atomic mass is 10.1. The lowest BCUT2D eigenvalue weighted by molar-refractivity contribution is -0.385. The molecule has 3 aromatic carbocycles. The van der Waals surface area contributed by atoms with Gasteiger partial charge in [0.05, 0.1) is 30.0 Å². The van der Waals surface area contributed by atoms with Crippen LogP contribution in [0.4, 0.5) is 22.7 Å². The summed E-state index contributed by atoms with van der Waals surface area (Å²) in [5.74, 6) is -1.76. The van der Waals surface area contributed by atoms with Crippen molar-refractivity contribution >= 4 is 46.7 Å². The molecule has 12 heteroatoms. The lowest BCUT2D eigenvalue weighted by Gasteiger charge is -2.19. The molecule has 0 spiro atoms. The average Bonchev–Trinajstić information content (AvgIpc) is 2.99. The van der Waals surface area contributed by atoms with E-state index in [2.05, 4.69) is 21.5 Å². The number of nitro groups is 1. The van der Waals surface area contributed by atoms with Gasteiger partial charge in [0.15, 0.2) is 0 Å². The van der Waals surface area contributed by atoms with Gasteiger partial charge in [-0.15, -0.1) is 0 Å². The van der Waals surface area contributed by atoms with Crippen LogP contribution in [0.1, 0.15) is 22.8 Å². The summed E-state index contributed by atoms with van der Waals surface area (Å²) in [7, 11) is 3.11. The molecule has 42 heavy (non-hydrogen) atoms. The predicted octanol–water partition coefficient (Wildman–Crippen LogP) is 5.97. The van der Waals surface area contributed by atoms with Crippen LogP contribution in [0.2, 0.25) is 0 Å². The first-order chi connectivity index (χ1) is 20.1. The van der Waals surface area contributed by atoms with Gasteiger partial charge in [-0.3, -0.25) is 10.1 Å². The molecule has 0 N–H and O–H groups in total. The Bertz CT molecular complexity index is 1530. The van der Waals surface area contributed by atoms with Gasteiger partial charge in [0, 0.05) is 30.5 Å². The van der Waals surface area contributed by atoms with E-state index in [0.29, 0.717) is 23.4 Å². The highest BCUT2D eigenvalue weighted by Gasteiger charge is 2.23. The van der Waals surface area contributed by atoms with Crippen molar-refractivity contribution in [1.29, 1.82) is 0 Å². The van der Waals surface area contributed by atoms with Gasteiger partial charge >= 0.3 is 17.9 Å². The van der Waals surface area contributed by atoms with E-state index in [-0.39, 0.29) is 23.6 Å². The van der Waals surface area contributed by atoms with Crippen molar-refractivity contribution in [1.82, 2.24) is 0 Å². The molecule has 216 valence electrons. The third kappa shape index (κ3) is 8.95. The molecule has 0 saturated heterocycles. The number of likely N-dealkylation sites (N-methyl/N-ethyl adjacent to an activating group) is 1. The number of carbonyl (C=O) groups is 3. The number of benzene rings is 3. The van der Waals surface area contributed by atoms with E-state index >= 15 is 0 Å².